The summed E-state index contributed by atoms with van der Waals surface area (Å²) in [6.45, 7) is 6.89. The van der Waals surface area contributed by atoms with Crippen LogP contribution in [-0.4, -0.2) is 42.1 Å². The van der Waals surface area contributed by atoms with E-state index in [1.165, 1.54) is 5.56 Å². The molecule has 0 aliphatic carbocycles. The molecule has 1 saturated heterocycles. The standard InChI is InChI=1S/C25H27N3O2/c1-19-7-12-23(24(29)17-19)25(30)26-21-8-10-22(11-9-21)28-15-13-27(14-16-28)18-20-5-3-2-4-6-20/h2-12,17,29H,13-16,18H2,1H3,(H,26,30). The molecule has 5 heteroatoms. The molecule has 30 heavy (non-hydrogen) atoms. The molecule has 1 fully saturated rings. The summed E-state index contributed by atoms with van der Waals surface area (Å²) in [5, 5.41) is 12.9. The number of hydrogen-bond acceptors (Lipinski definition) is 4. The second kappa shape index (κ2) is 9.01. The van der Waals surface area contributed by atoms with Gasteiger partial charge in [-0.3, -0.25) is 9.69 Å². The van der Waals surface area contributed by atoms with Crippen LogP contribution >= 0.6 is 0 Å². The Bertz CT molecular complexity index is 995. The van der Waals surface area contributed by atoms with Crippen LogP contribution < -0.4 is 10.2 Å². The largest absolute Gasteiger partial charge is 0.507 e. The molecule has 0 saturated carbocycles. The predicted molar refractivity (Wildman–Crippen MR) is 121 cm³/mol. The van der Waals surface area contributed by atoms with Gasteiger partial charge in [0.2, 0.25) is 0 Å². The molecule has 5 nitrogen and oxygen atoms in total. The van der Waals surface area contributed by atoms with E-state index < -0.39 is 0 Å². The zero-order chi connectivity index (χ0) is 20.9. The van der Waals surface area contributed by atoms with Crippen molar-refractivity contribution in [3.05, 3.63) is 89.5 Å². The normalized spacial score (nSPS) is 14.5. The molecule has 1 heterocycles. The Balaban J connectivity index is 1.32. The summed E-state index contributed by atoms with van der Waals surface area (Å²) in [7, 11) is 0. The van der Waals surface area contributed by atoms with E-state index in [-0.39, 0.29) is 17.2 Å². The van der Waals surface area contributed by atoms with Gasteiger partial charge in [-0.25, -0.2) is 0 Å². The van der Waals surface area contributed by atoms with Crippen LogP contribution in [0.15, 0.2) is 72.8 Å². The van der Waals surface area contributed by atoms with Gasteiger partial charge in [-0.2, -0.15) is 0 Å². The Hall–Kier alpha value is -3.31. The van der Waals surface area contributed by atoms with Crippen LogP contribution in [0.25, 0.3) is 0 Å². The van der Waals surface area contributed by atoms with Gasteiger partial charge in [0.1, 0.15) is 5.75 Å². The Morgan fingerprint density at radius 1 is 0.933 bits per heavy atom. The molecular weight excluding hydrogens is 374 g/mol. The van der Waals surface area contributed by atoms with Gasteiger partial charge in [0, 0.05) is 44.1 Å². The molecule has 0 spiro atoms. The number of aromatic hydroxyl groups is 1. The fourth-order valence-electron chi connectivity index (χ4n) is 3.79. The molecule has 1 aliphatic rings. The van der Waals surface area contributed by atoms with Crippen molar-refractivity contribution in [2.75, 3.05) is 36.4 Å². The lowest BCUT2D eigenvalue weighted by Crippen LogP contribution is -2.45. The minimum atomic E-state index is -0.310. The highest BCUT2D eigenvalue weighted by atomic mass is 16.3. The second-order valence-corrected chi connectivity index (χ2v) is 7.77. The Morgan fingerprint density at radius 3 is 2.30 bits per heavy atom. The van der Waals surface area contributed by atoms with Crippen LogP contribution in [0.5, 0.6) is 5.75 Å². The SMILES string of the molecule is Cc1ccc(C(=O)Nc2ccc(N3CCN(Cc4ccccc4)CC3)cc2)c(O)c1. The zero-order valence-corrected chi connectivity index (χ0v) is 17.2. The molecule has 0 atom stereocenters. The summed E-state index contributed by atoms with van der Waals surface area (Å²) < 4.78 is 0. The van der Waals surface area contributed by atoms with Crippen molar-refractivity contribution in [2.24, 2.45) is 0 Å². The lowest BCUT2D eigenvalue weighted by molar-refractivity contribution is 0.102. The van der Waals surface area contributed by atoms with Gasteiger partial charge in [-0.05, 0) is 54.4 Å². The van der Waals surface area contributed by atoms with E-state index in [4.69, 9.17) is 0 Å². The Morgan fingerprint density at radius 2 is 1.63 bits per heavy atom. The molecule has 3 aromatic rings. The number of piperazine rings is 1. The predicted octanol–water partition coefficient (Wildman–Crippen LogP) is 4.28. The summed E-state index contributed by atoms with van der Waals surface area (Å²) in [5.41, 5.74) is 4.42. The number of carbonyl (C=O) groups excluding carboxylic acids is 1. The summed E-state index contributed by atoms with van der Waals surface area (Å²) in [4.78, 5) is 17.3. The fraction of sp³-hybridized carbons (Fsp3) is 0.240. The van der Waals surface area contributed by atoms with Gasteiger partial charge in [0.25, 0.3) is 5.91 Å². The third-order valence-electron chi connectivity index (χ3n) is 5.51. The van der Waals surface area contributed by atoms with E-state index in [0.29, 0.717) is 5.69 Å². The number of hydrogen-bond donors (Lipinski definition) is 2. The molecule has 0 bridgehead atoms. The van der Waals surface area contributed by atoms with Gasteiger partial charge in [0.15, 0.2) is 0 Å². The molecule has 3 aromatic carbocycles. The van der Waals surface area contributed by atoms with Gasteiger partial charge in [-0.1, -0.05) is 36.4 Å². The number of anilines is 2. The number of nitrogens with one attached hydrogen (secondary N) is 1. The van der Waals surface area contributed by atoms with Crippen LogP contribution in [0.1, 0.15) is 21.5 Å². The van der Waals surface area contributed by atoms with Gasteiger partial charge < -0.3 is 15.3 Å². The van der Waals surface area contributed by atoms with Crippen molar-refractivity contribution in [1.29, 1.82) is 0 Å². The van der Waals surface area contributed by atoms with Gasteiger partial charge in [0.05, 0.1) is 5.56 Å². The highest BCUT2D eigenvalue weighted by molar-refractivity contribution is 6.06. The fourth-order valence-corrected chi connectivity index (χ4v) is 3.79. The number of benzene rings is 3. The molecule has 154 valence electrons. The average molecular weight is 402 g/mol. The van der Waals surface area contributed by atoms with Gasteiger partial charge in [-0.15, -0.1) is 0 Å². The molecule has 0 unspecified atom stereocenters. The van der Waals surface area contributed by atoms with Crippen LogP contribution in [0.2, 0.25) is 0 Å². The van der Waals surface area contributed by atoms with Crippen LogP contribution in [0, 0.1) is 6.92 Å². The van der Waals surface area contributed by atoms with E-state index >= 15 is 0 Å². The van der Waals surface area contributed by atoms with E-state index in [9.17, 15) is 9.90 Å². The lowest BCUT2D eigenvalue weighted by Gasteiger charge is -2.36. The van der Waals surface area contributed by atoms with E-state index in [2.05, 4.69) is 45.4 Å². The third kappa shape index (κ3) is 4.81. The number of amides is 1. The first-order chi connectivity index (χ1) is 14.6. The van der Waals surface area contributed by atoms with E-state index in [1.807, 2.05) is 37.3 Å². The zero-order valence-electron chi connectivity index (χ0n) is 17.2. The molecule has 1 amide bonds. The van der Waals surface area contributed by atoms with Crippen molar-refractivity contribution < 1.29 is 9.90 Å². The summed E-state index contributed by atoms with van der Waals surface area (Å²) >= 11 is 0. The highest BCUT2D eigenvalue weighted by Crippen LogP contribution is 2.23. The first-order valence-corrected chi connectivity index (χ1v) is 10.3. The molecule has 1 aliphatic heterocycles. The molecule has 4 rings (SSSR count). The number of carbonyl (C=O) groups is 1. The van der Waals surface area contributed by atoms with Crippen molar-refractivity contribution in [1.82, 2.24) is 4.90 Å². The smallest absolute Gasteiger partial charge is 0.259 e. The summed E-state index contributed by atoms with van der Waals surface area (Å²) in [5.74, 6) is -0.313. The monoisotopic (exact) mass is 401 g/mol. The van der Waals surface area contributed by atoms with Crippen molar-refractivity contribution >= 4 is 17.3 Å². The average Bonchev–Trinajstić information content (AvgIpc) is 2.75. The summed E-state index contributed by atoms with van der Waals surface area (Å²) in [6.07, 6.45) is 0. The number of nitrogens with zero attached hydrogens (tertiary/aromatic N) is 2. The first kappa shape index (κ1) is 20.0. The number of rotatable bonds is 5. The second-order valence-electron chi connectivity index (χ2n) is 7.77. The lowest BCUT2D eigenvalue weighted by atomic mass is 10.1. The van der Waals surface area contributed by atoms with Crippen LogP contribution in [-0.2, 0) is 6.54 Å². The first-order valence-electron chi connectivity index (χ1n) is 10.3. The van der Waals surface area contributed by atoms with Crippen LogP contribution in [0.3, 0.4) is 0 Å². The molecule has 0 aromatic heterocycles. The van der Waals surface area contributed by atoms with Crippen molar-refractivity contribution in [3.63, 3.8) is 0 Å². The molecular formula is C25H27N3O2. The molecule has 0 radical (unpaired) electrons. The topological polar surface area (TPSA) is 55.8 Å². The van der Waals surface area contributed by atoms with E-state index in [1.54, 1.807) is 12.1 Å². The Kier molecular flexibility index (Phi) is 6.00. The number of phenolic OH excluding ortho intramolecular Hbond substituents is 1. The molecule has 2 N–H and O–H groups in total. The minimum Gasteiger partial charge on any atom is -0.507 e. The van der Waals surface area contributed by atoms with E-state index in [0.717, 1.165) is 44.0 Å². The van der Waals surface area contributed by atoms with Crippen molar-refractivity contribution in [2.45, 2.75) is 13.5 Å². The maximum Gasteiger partial charge on any atom is 0.259 e. The number of phenols is 1. The van der Waals surface area contributed by atoms with Crippen LogP contribution in [0.4, 0.5) is 11.4 Å². The highest BCUT2D eigenvalue weighted by Gasteiger charge is 2.17. The minimum absolute atomic E-state index is 0.00232. The third-order valence-corrected chi connectivity index (χ3v) is 5.51. The van der Waals surface area contributed by atoms with Gasteiger partial charge >= 0.3 is 0 Å². The quantitative estimate of drug-likeness (QED) is 0.670. The maximum atomic E-state index is 12.4. The van der Waals surface area contributed by atoms with Crippen molar-refractivity contribution in [3.8, 4) is 5.75 Å². The number of aryl methyl sites for hydroxylation is 1. The maximum absolute atomic E-state index is 12.4. The Labute approximate surface area is 177 Å². The summed E-state index contributed by atoms with van der Waals surface area (Å²) in [6, 6.07) is 23.5.